The molecule has 3 rings (SSSR count). The first kappa shape index (κ1) is 17.9. The Morgan fingerprint density at radius 1 is 1.04 bits per heavy atom. The fourth-order valence-electron chi connectivity index (χ4n) is 3.24. The number of fused-ring (bicyclic) bond motifs is 1. The van der Waals surface area contributed by atoms with Crippen molar-refractivity contribution in [2.75, 3.05) is 26.2 Å². The summed E-state index contributed by atoms with van der Waals surface area (Å²) in [5, 5.41) is 1.75. The molecule has 1 heterocycles. The number of benzene rings is 2. The zero-order valence-corrected chi connectivity index (χ0v) is 15.0. The molecule has 1 aliphatic heterocycles. The van der Waals surface area contributed by atoms with Crippen LogP contribution >= 0.6 is 0 Å². The molecule has 1 unspecified atom stereocenters. The van der Waals surface area contributed by atoms with Crippen molar-refractivity contribution >= 4 is 28.9 Å². The van der Waals surface area contributed by atoms with Gasteiger partial charge in [0, 0.05) is 33.1 Å². The van der Waals surface area contributed by atoms with Crippen LogP contribution in [0.25, 0.3) is 10.8 Å². The lowest BCUT2D eigenvalue weighted by molar-refractivity contribution is -0.143. The summed E-state index contributed by atoms with van der Waals surface area (Å²) in [7, 11) is 0. The van der Waals surface area contributed by atoms with E-state index in [-0.39, 0.29) is 11.8 Å². The number of hydrogen-bond acceptors (Lipinski definition) is 4. The van der Waals surface area contributed by atoms with Gasteiger partial charge in [-0.3, -0.25) is 14.4 Å². The average molecular weight is 354 g/mol. The summed E-state index contributed by atoms with van der Waals surface area (Å²) < 4.78 is 5.83. The van der Waals surface area contributed by atoms with Gasteiger partial charge in [-0.25, -0.2) is 0 Å². The predicted molar refractivity (Wildman–Crippen MR) is 98.3 cm³/mol. The van der Waals surface area contributed by atoms with Crippen molar-refractivity contribution in [3.05, 3.63) is 42.0 Å². The molecule has 6 nitrogen and oxygen atoms in total. The monoisotopic (exact) mass is 354 g/mol. The van der Waals surface area contributed by atoms with Crippen LogP contribution in [-0.4, -0.2) is 60.2 Å². The number of hydrogen-bond donors (Lipinski definition) is 0. The van der Waals surface area contributed by atoms with Crippen LogP contribution < -0.4 is 4.74 Å². The minimum absolute atomic E-state index is 0.0215. The molecule has 2 aromatic carbocycles. The first-order valence-electron chi connectivity index (χ1n) is 8.69. The van der Waals surface area contributed by atoms with E-state index in [1.165, 1.54) is 6.92 Å². The number of carbonyl (C=O) groups is 3. The van der Waals surface area contributed by atoms with E-state index in [1.54, 1.807) is 22.8 Å². The second-order valence-electron chi connectivity index (χ2n) is 6.41. The van der Waals surface area contributed by atoms with Crippen LogP contribution in [0.1, 0.15) is 24.2 Å². The summed E-state index contributed by atoms with van der Waals surface area (Å²) in [6.45, 7) is 5.26. The SMILES string of the molecule is CC(=O)N1CCN(C(=O)C(C)Oc2ccc3ccccc3c2C=O)CC1. The first-order chi connectivity index (χ1) is 12.5. The van der Waals surface area contributed by atoms with Crippen LogP contribution in [0.5, 0.6) is 5.75 Å². The van der Waals surface area contributed by atoms with Gasteiger partial charge in [-0.05, 0) is 23.8 Å². The van der Waals surface area contributed by atoms with E-state index < -0.39 is 6.10 Å². The number of aldehydes is 1. The van der Waals surface area contributed by atoms with Gasteiger partial charge in [-0.1, -0.05) is 30.3 Å². The van der Waals surface area contributed by atoms with E-state index in [0.717, 1.165) is 17.1 Å². The fourth-order valence-corrected chi connectivity index (χ4v) is 3.24. The molecule has 0 N–H and O–H groups in total. The molecule has 6 heteroatoms. The molecule has 0 bridgehead atoms. The Balaban J connectivity index is 1.73. The standard InChI is InChI=1S/C20H22N2O4/c1-14(20(25)22-11-9-21(10-12-22)15(2)24)26-19-8-7-16-5-3-4-6-17(16)18(19)13-23/h3-8,13-14H,9-12H2,1-2H3. The van der Waals surface area contributed by atoms with Crippen LogP contribution in [0.15, 0.2) is 36.4 Å². The van der Waals surface area contributed by atoms with Gasteiger partial charge >= 0.3 is 0 Å². The normalized spacial score (nSPS) is 15.6. The van der Waals surface area contributed by atoms with Gasteiger partial charge in [0.05, 0.1) is 5.56 Å². The summed E-state index contributed by atoms with van der Waals surface area (Å²) in [5.74, 6) is 0.285. The summed E-state index contributed by atoms with van der Waals surface area (Å²) in [5.41, 5.74) is 0.448. The molecule has 0 aliphatic carbocycles. The number of piperazine rings is 1. The van der Waals surface area contributed by atoms with Gasteiger partial charge < -0.3 is 14.5 Å². The van der Waals surface area contributed by atoms with Gasteiger partial charge in [0.2, 0.25) is 5.91 Å². The minimum atomic E-state index is -0.709. The lowest BCUT2D eigenvalue weighted by atomic mass is 10.0. The second-order valence-corrected chi connectivity index (χ2v) is 6.41. The van der Waals surface area contributed by atoms with Crippen LogP contribution in [0.2, 0.25) is 0 Å². The number of amides is 2. The second kappa shape index (κ2) is 7.56. The third-order valence-corrected chi connectivity index (χ3v) is 4.74. The number of nitrogens with zero attached hydrogens (tertiary/aromatic N) is 2. The molecule has 0 saturated carbocycles. The minimum Gasteiger partial charge on any atom is -0.480 e. The Bertz CT molecular complexity index is 841. The highest BCUT2D eigenvalue weighted by Gasteiger charge is 2.27. The van der Waals surface area contributed by atoms with Gasteiger partial charge in [0.25, 0.3) is 5.91 Å². The van der Waals surface area contributed by atoms with E-state index in [1.807, 2.05) is 30.3 Å². The molecule has 1 fully saturated rings. The van der Waals surface area contributed by atoms with Gasteiger partial charge in [-0.15, -0.1) is 0 Å². The lowest BCUT2D eigenvalue weighted by Crippen LogP contribution is -2.52. The van der Waals surface area contributed by atoms with E-state index in [4.69, 9.17) is 4.74 Å². The third-order valence-electron chi connectivity index (χ3n) is 4.74. The zero-order valence-electron chi connectivity index (χ0n) is 15.0. The Labute approximate surface area is 152 Å². The van der Waals surface area contributed by atoms with Crippen LogP contribution in [0, 0.1) is 0 Å². The highest BCUT2D eigenvalue weighted by molar-refractivity contribution is 6.01. The molecule has 2 aromatic rings. The zero-order chi connectivity index (χ0) is 18.7. The fraction of sp³-hybridized carbons (Fsp3) is 0.350. The summed E-state index contributed by atoms with van der Waals surface area (Å²) in [4.78, 5) is 39.1. The number of ether oxygens (including phenoxy) is 1. The molecule has 136 valence electrons. The van der Waals surface area contributed by atoms with E-state index in [2.05, 4.69) is 0 Å². The van der Waals surface area contributed by atoms with Crippen LogP contribution in [0.4, 0.5) is 0 Å². The molecular formula is C20H22N2O4. The summed E-state index contributed by atoms with van der Waals surface area (Å²) in [6.07, 6.45) is 0.0549. The highest BCUT2D eigenvalue weighted by Crippen LogP contribution is 2.27. The van der Waals surface area contributed by atoms with Crippen molar-refractivity contribution in [3.8, 4) is 5.75 Å². The van der Waals surface area contributed by atoms with Crippen LogP contribution in [-0.2, 0) is 9.59 Å². The summed E-state index contributed by atoms with van der Waals surface area (Å²) >= 11 is 0. The molecule has 1 saturated heterocycles. The molecular weight excluding hydrogens is 332 g/mol. The Morgan fingerprint density at radius 3 is 2.35 bits per heavy atom. The van der Waals surface area contributed by atoms with Crippen molar-refractivity contribution in [3.63, 3.8) is 0 Å². The summed E-state index contributed by atoms with van der Waals surface area (Å²) in [6, 6.07) is 11.2. The number of rotatable bonds is 4. The first-order valence-corrected chi connectivity index (χ1v) is 8.69. The maximum absolute atomic E-state index is 12.7. The molecule has 0 spiro atoms. The molecule has 2 amide bonds. The molecule has 1 aliphatic rings. The molecule has 1 atom stereocenters. The largest absolute Gasteiger partial charge is 0.480 e. The van der Waals surface area contributed by atoms with E-state index in [9.17, 15) is 14.4 Å². The Kier molecular flexibility index (Phi) is 5.21. The Hall–Kier alpha value is -2.89. The van der Waals surface area contributed by atoms with Crippen molar-refractivity contribution in [1.29, 1.82) is 0 Å². The van der Waals surface area contributed by atoms with Crippen molar-refractivity contribution in [2.45, 2.75) is 20.0 Å². The van der Waals surface area contributed by atoms with Gasteiger partial charge in [-0.2, -0.15) is 0 Å². The smallest absolute Gasteiger partial charge is 0.263 e. The average Bonchev–Trinajstić information content (AvgIpc) is 2.67. The maximum Gasteiger partial charge on any atom is 0.263 e. The number of carbonyl (C=O) groups excluding carboxylic acids is 3. The molecule has 26 heavy (non-hydrogen) atoms. The topological polar surface area (TPSA) is 66.9 Å². The van der Waals surface area contributed by atoms with Gasteiger partial charge in [0.15, 0.2) is 12.4 Å². The van der Waals surface area contributed by atoms with E-state index in [0.29, 0.717) is 37.5 Å². The van der Waals surface area contributed by atoms with Crippen LogP contribution in [0.3, 0.4) is 0 Å². The molecule has 0 aromatic heterocycles. The van der Waals surface area contributed by atoms with Crippen molar-refractivity contribution < 1.29 is 19.1 Å². The van der Waals surface area contributed by atoms with Crippen molar-refractivity contribution in [1.82, 2.24) is 9.80 Å². The highest BCUT2D eigenvalue weighted by atomic mass is 16.5. The van der Waals surface area contributed by atoms with Crippen molar-refractivity contribution in [2.24, 2.45) is 0 Å². The quantitative estimate of drug-likeness (QED) is 0.789. The predicted octanol–water partition coefficient (Wildman–Crippen LogP) is 2.11. The van der Waals surface area contributed by atoms with Gasteiger partial charge in [0.1, 0.15) is 5.75 Å². The van der Waals surface area contributed by atoms with E-state index >= 15 is 0 Å². The lowest BCUT2D eigenvalue weighted by Gasteiger charge is -2.35. The maximum atomic E-state index is 12.7. The Morgan fingerprint density at radius 2 is 1.69 bits per heavy atom. The molecule has 0 radical (unpaired) electrons. The third kappa shape index (κ3) is 3.54.